The summed E-state index contributed by atoms with van der Waals surface area (Å²) in [6, 6.07) is 6.26. The van der Waals surface area contributed by atoms with Crippen LogP contribution in [0, 0.1) is 5.82 Å². The molecular formula is C14H19FN2O3S. The molecule has 0 saturated heterocycles. The smallest absolute Gasteiger partial charge is 0.221 e. The van der Waals surface area contributed by atoms with Crippen molar-refractivity contribution in [3.63, 3.8) is 0 Å². The van der Waals surface area contributed by atoms with E-state index in [4.69, 9.17) is 0 Å². The largest absolute Gasteiger partial charge is 0.352 e. The summed E-state index contributed by atoms with van der Waals surface area (Å²) in [5.74, 6) is -0.652. The van der Waals surface area contributed by atoms with Gasteiger partial charge in [-0.3, -0.25) is 4.79 Å². The van der Waals surface area contributed by atoms with Gasteiger partial charge in [-0.25, -0.2) is 12.8 Å². The Morgan fingerprint density at radius 1 is 1.38 bits per heavy atom. The van der Waals surface area contributed by atoms with Crippen LogP contribution in [0.25, 0.3) is 0 Å². The number of halogens is 1. The molecule has 0 unspecified atom stereocenters. The lowest BCUT2D eigenvalue weighted by atomic mass is 10.2. The molecule has 1 aliphatic rings. The van der Waals surface area contributed by atoms with Crippen LogP contribution < -0.4 is 5.32 Å². The molecule has 1 aromatic rings. The fourth-order valence-electron chi connectivity index (χ4n) is 2.12. The van der Waals surface area contributed by atoms with Crippen LogP contribution in [0.15, 0.2) is 24.3 Å². The molecule has 1 N–H and O–H groups in total. The molecule has 5 nitrogen and oxygen atoms in total. The van der Waals surface area contributed by atoms with E-state index in [1.165, 1.54) is 10.4 Å². The molecule has 1 aromatic carbocycles. The van der Waals surface area contributed by atoms with Crippen LogP contribution in [0.4, 0.5) is 4.39 Å². The quantitative estimate of drug-likeness (QED) is 0.824. The maximum absolute atomic E-state index is 13.4. The third kappa shape index (κ3) is 4.78. The lowest BCUT2D eigenvalue weighted by molar-refractivity contribution is -0.121. The summed E-state index contributed by atoms with van der Waals surface area (Å²) in [4.78, 5) is 11.7. The zero-order valence-corrected chi connectivity index (χ0v) is 12.7. The van der Waals surface area contributed by atoms with Crippen molar-refractivity contribution in [3.8, 4) is 0 Å². The van der Waals surface area contributed by atoms with Gasteiger partial charge in [0.15, 0.2) is 0 Å². The van der Waals surface area contributed by atoms with Gasteiger partial charge in [0.05, 0.1) is 6.26 Å². The van der Waals surface area contributed by atoms with Crippen molar-refractivity contribution in [1.29, 1.82) is 0 Å². The van der Waals surface area contributed by atoms with Gasteiger partial charge in [-0.1, -0.05) is 18.2 Å². The van der Waals surface area contributed by atoms with Gasteiger partial charge in [0.25, 0.3) is 0 Å². The Labute approximate surface area is 124 Å². The Balaban J connectivity index is 1.81. The van der Waals surface area contributed by atoms with Crippen LogP contribution in [-0.4, -0.2) is 37.5 Å². The van der Waals surface area contributed by atoms with E-state index < -0.39 is 10.0 Å². The summed E-state index contributed by atoms with van der Waals surface area (Å²) in [5.41, 5.74) is 0.410. The Kier molecular flexibility index (Phi) is 4.95. The van der Waals surface area contributed by atoms with Crippen LogP contribution in [0.1, 0.15) is 24.8 Å². The normalized spacial score (nSPS) is 15.2. The molecule has 0 aliphatic heterocycles. The van der Waals surface area contributed by atoms with Crippen molar-refractivity contribution in [1.82, 2.24) is 9.62 Å². The van der Waals surface area contributed by atoms with Gasteiger partial charge in [0.2, 0.25) is 15.9 Å². The van der Waals surface area contributed by atoms with E-state index in [1.54, 1.807) is 18.2 Å². The Hall–Kier alpha value is -1.47. The number of nitrogens with one attached hydrogen (secondary N) is 1. The fraction of sp³-hybridized carbons (Fsp3) is 0.500. The number of nitrogens with zero attached hydrogens (tertiary/aromatic N) is 1. The first-order valence-electron chi connectivity index (χ1n) is 6.85. The van der Waals surface area contributed by atoms with Gasteiger partial charge in [-0.2, -0.15) is 4.31 Å². The maximum atomic E-state index is 13.4. The van der Waals surface area contributed by atoms with Crippen LogP contribution in [0.3, 0.4) is 0 Å². The summed E-state index contributed by atoms with van der Waals surface area (Å²) >= 11 is 0. The van der Waals surface area contributed by atoms with E-state index in [1.807, 2.05) is 0 Å². The van der Waals surface area contributed by atoms with E-state index >= 15 is 0 Å². The van der Waals surface area contributed by atoms with Gasteiger partial charge in [0, 0.05) is 31.1 Å². The average Bonchev–Trinajstić information content (AvgIpc) is 3.21. The highest BCUT2D eigenvalue weighted by Crippen LogP contribution is 2.28. The van der Waals surface area contributed by atoms with Crippen LogP contribution in [0.5, 0.6) is 0 Å². The summed E-state index contributed by atoms with van der Waals surface area (Å²) in [7, 11) is -3.28. The molecule has 1 fully saturated rings. The molecule has 0 radical (unpaired) electrons. The number of rotatable bonds is 7. The molecule has 0 aromatic heterocycles. The number of sulfonamides is 1. The van der Waals surface area contributed by atoms with Crippen molar-refractivity contribution >= 4 is 15.9 Å². The number of amides is 1. The van der Waals surface area contributed by atoms with Gasteiger partial charge in [-0.05, 0) is 18.9 Å². The highest BCUT2D eigenvalue weighted by atomic mass is 32.2. The van der Waals surface area contributed by atoms with E-state index in [2.05, 4.69) is 5.32 Å². The highest BCUT2D eigenvalue weighted by Gasteiger charge is 2.34. The summed E-state index contributed by atoms with van der Waals surface area (Å²) in [6.07, 6.45) is 2.94. The Morgan fingerprint density at radius 2 is 2.05 bits per heavy atom. The predicted molar refractivity (Wildman–Crippen MR) is 77.4 cm³/mol. The van der Waals surface area contributed by atoms with Gasteiger partial charge < -0.3 is 5.32 Å². The number of carbonyl (C=O) groups is 1. The SMILES string of the molecule is CS(=O)(=O)N(CCC(=O)NCc1ccccc1F)C1CC1. The van der Waals surface area contributed by atoms with Gasteiger partial charge >= 0.3 is 0 Å². The third-order valence-electron chi connectivity index (χ3n) is 3.37. The molecule has 116 valence electrons. The van der Waals surface area contributed by atoms with E-state index in [9.17, 15) is 17.6 Å². The van der Waals surface area contributed by atoms with Crippen molar-refractivity contribution in [2.45, 2.75) is 31.8 Å². The van der Waals surface area contributed by atoms with Crippen LogP contribution >= 0.6 is 0 Å². The summed E-state index contributed by atoms with van der Waals surface area (Å²) < 4.78 is 37.9. The van der Waals surface area contributed by atoms with Crippen molar-refractivity contribution < 1.29 is 17.6 Å². The number of carbonyl (C=O) groups excluding carboxylic acids is 1. The molecule has 1 saturated carbocycles. The first-order valence-corrected chi connectivity index (χ1v) is 8.69. The topological polar surface area (TPSA) is 66.5 Å². The minimum Gasteiger partial charge on any atom is -0.352 e. The maximum Gasteiger partial charge on any atom is 0.221 e. The molecular weight excluding hydrogens is 295 g/mol. The highest BCUT2D eigenvalue weighted by molar-refractivity contribution is 7.88. The van der Waals surface area contributed by atoms with Crippen LogP contribution in [-0.2, 0) is 21.4 Å². The van der Waals surface area contributed by atoms with Crippen LogP contribution in [0.2, 0.25) is 0 Å². The van der Waals surface area contributed by atoms with E-state index in [0.29, 0.717) is 5.56 Å². The summed E-state index contributed by atoms with van der Waals surface area (Å²) in [5, 5.41) is 2.61. The number of benzene rings is 1. The van der Waals surface area contributed by atoms with Crippen molar-refractivity contribution in [3.05, 3.63) is 35.6 Å². The molecule has 0 spiro atoms. The molecule has 2 rings (SSSR count). The second-order valence-electron chi connectivity index (χ2n) is 5.22. The third-order valence-corrected chi connectivity index (χ3v) is 4.71. The average molecular weight is 314 g/mol. The van der Waals surface area contributed by atoms with Gasteiger partial charge in [-0.15, -0.1) is 0 Å². The van der Waals surface area contributed by atoms with Crippen molar-refractivity contribution in [2.24, 2.45) is 0 Å². The van der Waals surface area contributed by atoms with E-state index in [0.717, 1.165) is 19.1 Å². The second-order valence-corrected chi connectivity index (χ2v) is 7.16. The molecule has 1 aliphatic carbocycles. The molecule has 0 atom stereocenters. The molecule has 21 heavy (non-hydrogen) atoms. The standard InChI is InChI=1S/C14H19FN2O3S/c1-21(19,20)17(12-6-7-12)9-8-14(18)16-10-11-4-2-3-5-13(11)15/h2-5,12H,6-10H2,1H3,(H,16,18). The molecule has 1 amide bonds. The monoisotopic (exact) mass is 314 g/mol. The fourth-order valence-corrected chi connectivity index (χ4v) is 3.29. The lowest BCUT2D eigenvalue weighted by Gasteiger charge is -2.18. The lowest BCUT2D eigenvalue weighted by Crippen LogP contribution is -2.36. The first-order chi connectivity index (χ1) is 9.88. The van der Waals surface area contributed by atoms with E-state index in [-0.39, 0.29) is 37.3 Å². The van der Waals surface area contributed by atoms with Crippen molar-refractivity contribution in [2.75, 3.05) is 12.8 Å². The number of hydrogen-bond acceptors (Lipinski definition) is 3. The zero-order valence-electron chi connectivity index (χ0n) is 11.9. The molecule has 0 heterocycles. The Morgan fingerprint density at radius 3 is 2.62 bits per heavy atom. The second kappa shape index (κ2) is 6.53. The predicted octanol–water partition coefficient (Wildman–Crippen LogP) is 1.26. The zero-order chi connectivity index (χ0) is 15.5. The number of hydrogen-bond donors (Lipinski definition) is 1. The summed E-state index contributed by atoms with van der Waals surface area (Å²) in [6.45, 7) is 0.278. The minimum atomic E-state index is -3.28. The first kappa shape index (κ1) is 15.9. The van der Waals surface area contributed by atoms with Gasteiger partial charge in [0.1, 0.15) is 5.82 Å². The molecule has 7 heteroatoms. The molecule has 0 bridgehead atoms. The Bertz CT molecular complexity index is 614. The minimum absolute atomic E-state index is 0.0411.